The normalized spacial score (nSPS) is 16.4. The van der Waals surface area contributed by atoms with Gasteiger partial charge in [0.1, 0.15) is 18.2 Å². The largest absolute Gasteiger partial charge is 0.388 e. The highest BCUT2D eigenvalue weighted by molar-refractivity contribution is 7.89. The van der Waals surface area contributed by atoms with Crippen molar-refractivity contribution in [1.29, 1.82) is 0 Å². The van der Waals surface area contributed by atoms with Crippen molar-refractivity contribution in [2.24, 2.45) is 0 Å². The Kier molecular flexibility index (Phi) is 6.64. The van der Waals surface area contributed by atoms with Crippen molar-refractivity contribution in [1.82, 2.24) is 14.3 Å². The summed E-state index contributed by atoms with van der Waals surface area (Å²) < 4.78 is 41.1. The van der Waals surface area contributed by atoms with Crippen molar-refractivity contribution in [3.05, 3.63) is 89.8 Å². The summed E-state index contributed by atoms with van der Waals surface area (Å²) in [7, 11) is -3.81. The molecule has 1 aliphatic rings. The zero-order valence-electron chi connectivity index (χ0n) is 17.9. The first kappa shape index (κ1) is 23.2. The van der Waals surface area contributed by atoms with Gasteiger partial charge in [-0.05, 0) is 36.6 Å². The monoisotopic (exact) mass is 469 g/mol. The molecule has 33 heavy (non-hydrogen) atoms. The molecule has 3 aromatic rings. The molecule has 7 nitrogen and oxygen atoms in total. The van der Waals surface area contributed by atoms with Crippen LogP contribution in [0.3, 0.4) is 0 Å². The number of rotatable bonds is 7. The number of aliphatic hydroxyl groups excluding tert-OH is 1. The fraction of sp³-hybridized carbons (Fsp3) is 0.292. The molecule has 172 valence electrons. The zero-order chi connectivity index (χ0) is 23.5. The highest BCUT2D eigenvalue weighted by Crippen LogP contribution is 2.39. The lowest BCUT2D eigenvalue weighted by Gasteiger charge is -2.41. The third-order valence-corrected chi connectivity index (χ3v) is 8.06. The number of aliphatic hydroxyl groups is 1. The van der Waals surface area contributed by atoms with E-state index in [1.807, 2.05) is 30.3 Å². The number of nitrogens with zero attached hydrogens (tertiary/aromatic N) is 3. The van der Waals surface area contributed by atoms with Crippen molar-refractivity contribution in [2.45, 2.75) is 29.6 Å². The topological polar surface area (TPSA) is 100 Å². The fourth-order valence-corrected chi connectivity index (χ4v) is 5.75. The van der Waals surface area contributed by atoms with Crippen LogP contribution in [0.25, 0.3) is 0 Å². The van der Waals surface area contributed by atoms with E-state index in [2.05, 4.69) is 9.97 Å². The molecule has 1 aromatic heterocycles. The smallest absolute Gasteiger partial charge is 0.243 e. The van der Waals surface area contributed by atoms with E-state index in [0.29, 0.717) is 25.1 Å². The number of benzene rings is 2. The van der Waals surface area contributed by atoms with E-state index in [1.165, 1.54) is 34.9 Å². The van der Waals surface area contributed by atoms with E-state index in [4.69, 9.17) is 5.11 Å². The van der Waals surface area contributed by atoms with Crippen molar-refractivity contribution in [3.63, 3.8) is 0 Å². The predicted octanol–water partition coefficient (Wildman–Crippen LogP) is 2.76. The number of hydrogen-bond acceptors (Lipinski definition) is 6. The van der Waals surface area contributed by atoms with Crippen LogP contribution in [0.1, 0.15) is 34.6 Å². The maximum absolute atomic E-state index is 13.6. The Labute approximate surface area is 192 Å². The van der Waals surface area contributed by atoms with Gasteiger partial charge in [-0.1, -0.05) is 36.4 Å². The van der Waals surface area contributed by atoms with Crippen LogP contribution in [-0.4, -0.2) is 53.3 Å². The van der Waals surface area contributed by atoms with Gasteiger partial charge in [-0.3, -0.25) is 4.79 Å². The van der Waals surface area contributed by atoms with Crippen molar-refractivity contribution >= 4 is 15.8 Å². The number of hydrogen-bond donors (Lipinski definition) is 1. The van der Waals surface area contributed by atoms with E-state index in [1.54, 1.807) is 0 Å². The molecular weight excluding hydrogens is 445 g/mol. The van der Waals surface area contributed by atoms with Crippen LogP contribution in [-0.2, 0) is 21.9 Å². The van der Waals surface area contributed by atoms with Crippen LogP contribution >= 0.6 is 0 Å². The molecule has 0 unspecified atom stereocenters. The van der Waals surface area contributed by atoms with Crippen molar-refractivity contribution in [2.75, 3.05) is 19.7 Å². The van der Waals surface area contributed by atoms with Crippen molar-refractivity contribution in [3.8, 4) is 0 Å². The lowest BCUT2D eigenvalue weighted by molar-refractivity contribution is 0.0903. The lowest BCUT2D eigenvalue weighted by Crippen LogP contribution is -2.46. The highest BCUT2D eigenvalue weighted by atomic mass is 32.2. The summed E-state index contributed by atoms with van der Waals surface area (Å²) in [6.45, 7) is -0.0596. The first-order chi connectivity index (χ1) is 15.8. The Morgan fingerprint density at radius 1 is 1.03 bits per heavy atom. The second kappa shape index (κ2) is 9.46. The van der Waals surface area contributed by atoms with Crippen molar-refractivity contribution < 1.29 is 22.7 Å². The molecule has 1 saturated heterocycles. The number of ketones is 1. The van der Waals surface area contributed by atoms with Crippen LogP contribution in [0.5, 0.6) is 0 Å². The Balaban J connectivity index is 1.59. The first-order valence-electron chi connectivity index (χ1n) is 10.6. The van der Waals surface area contributed by atoms with Gasteiger partial charge in [0.2, 0.25) is 10.0 Å². The van der Waals surface area contributed by atoms with Gasteiger partial charge in [0, 0.05) is 37.3 Å². The predicted molar refractivity (Wildman–Crippen MR) is 120 cm³/mol. The summed E-state index contributed by atoms with van der Waals surface area (Å²) in [5, 5.41) is 9.02. The maximum atomic E-state index is 13.6. The second-order valence-corrected chi connectivity index (χ2v) is 10.1. The molecule has 0 amide bonds. The molecule has 2 aromatic carbocycles. The van der Waals surface area contributed by atoms with Crippen LogP contribution in [0.15, 0.2) is 71.9 Å². The lowest BCUT2D eigenvalue weighted by atomic mass is 9.70. The fourth-order valence-electron chi connectivity index (χ4n) is 4.27. The SMILES string of the molecule is O=C(CO)c1cnc(CC2(c3ccccc3)CCN(S(=O)(=O)c3cccc(F)c3)CC2)nc1. The molecule has 0 aliphatic carbocycles. The second-order valence-electron chi connectivity index (χ2n) is 8.15. The molecule has 1 fully saturated rings. The number of sulfonamides is 1. The number of halogens is 1. The van der Waals surface area contributed by atoms with Gasteiger partial charge >= 0.3 is 0 Å². The minimum atomic E-state index is -3.81. The number of carbonyl (C=O) groups excluding carboxylic acids is 1. The molecule has 2 heterocycles. The molecule has 0 radical (unpaired) electrons. The minimum Gasteiger partial charge on any atom is -0.388 e. The Hall–Kier alpha value is -3.01. The van der Waals surface area contributed by atoms with Crippen LogP contribution in [0.2, 0.25) is 0 Å². The van der Waals surface area contributed by atoms with Crippen LogP contribution < -0.4 is 0 Å². The van der Waals surface area contributed by atoms with Gasteiger partial charge < -0.3 is 5.11 Å². The molecule has 0 spiro atoms. The molecule has 4 rings (SSSR count). The summed E-state index contributed by atoms with van der Waals surface area (Å²) >= 11 is 0. The van der Waals surface area contributed by atoms with E-state index < -0.39 is 33.6 Å². The Morgan fingerprint density at radius 2 is 1.70 bits per heavy atom. The summed E-state index contributed by atoms with van der Waals surface area (Å²) in [5.41, 5.74) is 0.912. The van der Waals surface area contributed by atoms with Crippen LogP contribution in [0, 0.1) is 5.82 Å². The average molecular weight is 470 g/mol. The summed E-state index contributed by atoms with van der Waals surface area (Å²) in [5.74, 6) is -0.503. The third kappa shape index (κ3) is 4.85. The van der Waals surface area contributed by atoms with Gasteiger partial charge in [0.25, 0.3) is 0 Å². The van der Waals surface area contributed by atoms with Crippen LogP contribution in [0.4, 0.5) is 4.39 Å². The van der Waals surface area contributed by atoms with Gasteiger partial charge in [0.05, 0.1) is 10.5 Å². The van der Waals surface area contributed by atoms with E-state index >= 15 is 0 Å². The van der Waals surface area contributed by atoms with E-state index in [0.717, 1.165) is 11.6 Å². The number of Topliss-reactive ketones (excluding diaryl/α,β-unsaturated/α-hetero) is 1. The summed E-state index contributed by atoms with van der Waals surface area (Å²) in [6, 6.07) is 14.9. The Morgan fingerprint density at radius 3 is 2.30 bits per heavy atom. The molecule has 0 atom stereocenters. The van der Waals surface area contributed by atoms with E-state index in [-0.39, 0.29) is 23.5 Å². The molecular formula is C24H24FN3O4S. The first-order valence-corrected chi connectivity index (χ1v) is 12.0. The molecule has 9 heteroatoms. The molecule has 1 aliphatic heterocycles. The average Bonchev–Trinajstić information content (AvgIpc) is 2.85. The van der Waals surface area contributed by atoms with Gasteiger partial charge in [0.15, 0.2) is 5.78 Å². The van der Waals surface area contributed by atoms with Gasteiger partial charge in [-0.2, -0.15) is 4.31 Å². The molecule has 1 N–H and O–H groups in total. The molecule has 0 saturated carbocycles. The number of carbonyl (C=O) groups is 1. The highest BCUT2D eigenvalue weighted by Gasteiger charge is 2.40. The standard InChI is InChI=1S/C24H24FN3O4S/c25-20-7-4-8-21(13-20)33(31,32)28-11-9-24(10-12-28,19-5-2-1-3-6-19)14-23-26-15-18(16-27-23)22(30)17-29/h1-8,13,15-16,29H,9-12,14,17H2. The number of aromatic nitrogens is 2. The van der Waals surface area contributed by atoms with Gasteiger partial charge in [-0.15, -0.1) is 0 Å². The van der Waals surface area contributed by atoms with Gasteiger partial charge in [-0.25, -0.2) is 22.8 Å². The quantitative estimate of drug-likeness (QED) is 0.534. The summed E-state index contributed by atoms with van der Waals surface area (Å²) in [6.07, 6.45) is 4.35. The zero-order valence-corrected chi connectivity index (χ0v) is 18.7. The maximum Gasteiger partial charge on any atom is 0.243 e. The Bertz CT molecular complexity index is 1230. The summed E-state index contributed by atoms with van der Waals surface area (Å²) in [4.78, 5) is 20.2. The number of piperidine rings is 1. The van der Waals surface area contributed by atoms with E-state index in [9.17, 15) is 17.6 Å². The molecule has 0 bridgehead atoms. The minimum absolute atomic E-state index is 0.0535. The third-order valence-electron chi connectivity index (χ3n) is 6.17.